The van der Waals surface area contributed by atoms with Crippen LogP contribution in [0.1, 0.15) is 36.6 Å². The van der Waals surface area contributed by atoms with Crippen molar-refractivity contribution in [2.75, 3.05) is 20.3 Å². The number of furan rings is 1. The van der Waals surface area contributed by atoms with E-state index in [0.29, 0.717) is 25.0 Å². The number of carbonyl (C=O) groups is 1. The Kier molecular flexibility index (Phi) is 5.88. The van der Waals surface area contributed by atoms with E-state index in [9.17, 15) is 4.79 Å². The Bertz CT molecular complexity index is 375. The van der Waals surface area contributed by atoms with Gasteiger partial charge in [-0.2, -0.15) is 0 Å². The molecule has 18 heavy (non-hydrogen) atoms. The molecule has 0 saturated carbocycles. The van der Waals surface area contributed by atoms with Gasteiger partial charge in [0.1, 0.15) is 5.76 Å². The summed E-state index contributed by atoms with van der Waals surface area (Å²) in [7, 11) is 1.67. The van der Waals surface area contributed by atoms with Crippen LogP contribution in [0, 0.1) is 0 Å². The predicted molar refractivity (Wildman–Crippen MR) is 67.7 cm³/mol. The largest absolute Gasteiger partial charge is 0.475 e. The highest BCUT2D eigenvalue weighted by Gasteiger charge is 2.16. The van der Waals surface area contributed by atoms with Crippen LogP contribution < -0.4 is 0 Å². The molecule has 0 spiro atoms. The number of rotatable bonds is 8. The van der Waals surface area contributed by atoms with Crippen LogP contribution in [0.3, 0.4) is 0 Å². The number of carboxylic acids is 1. The molecule has 1 heterocycles. The smallest absolute Gasteiger partial charge is 0.371 e. The average Bonchev–Trinajstić information content (AvgIpc) is 2.82. The van der Waals surface area contributed by atoms with Gasteiger partial charge in [-0.1, -0.05) is 6.92 Å². The van der Waals surface area contributed by atoms with E-state index in [2.05, 4.69) is 18.7 Å². The van der Waals surface area contributed by atoms with Gasteiger partial charge >= 0.3 is 5.97 Å². The number of hydrogen-bond acceptors (Lipinski definition) is 4. The van der Waals surface area contributed by atoms with Crippen molar-refractivity contribution in [3.05, 3.63) is 23.7 Å². The molecule has 0 aliphatic heterocycles. The fourth-order valence-corrected chi connectivity index (χ4v) is 1.70. The molecule has 1 unspecified atom stereocenters. The number of methoxy groups -OCH3 is 1. The lowest BCUT2D eigenvalue weighted by Gasteiger charge is -2.27. The van der Waals surface area contributed by atoms with E-state index in [1.165, 1.54) is 6.07 Å². The zero-order chi connectivity index (χ0) is 13.5. The molecule has 1 atom stereocenters. The molecule has 0 bridgehead atoms. The quantitative estimate of drug-likeness (QED) is 0.771. The fourth-order valence-electron chi connectivity index (χ4n) is 1.70. The third kappa shape index (κ3) is 4.16. The van der Waals surface area contributed by atoms with Gasteiger partial charge in [0.2, 0.25) is 5.76 Å². The summed E-state index contributed by atoms with van der Waals surface area (Å²) >= 11 is 0. The minimum Gasteiger partial charge on any atom is -0.475 e. The third-order valence-electron chi connectivity index (χ3n) is 3.03. The molecule has 5 nitrogen and oxygen atoms in total. The van der Waals surface area contributed by atoms with E-state index < -0.39 is 5.97 Å². The van der Waals surface area contributed by atoms with Gasteiger partial charge in [0.25, 0.3) is 0 Å². The Morgan fingerprint density at radius 1 is 1.56 bits per heavy atom. The zero-order valence-electron chi connectivity index (χ0n) is 11.2. The van der Waals surface area contributed by atoms with Gasteiger partial charge in [-0.25, -0.2) is 4.79 Å². The summed E-state index contributed by atoms with van der Waals surface area (Å²) < 4.78 is 10.3. The second-order valence-electron chi connectivity index (χ2n) is 4.29. The standard InChI is InChI=1S/C13H21NO4/c1-4-10(2)14(7-8-17-3)9-11-5-6-12(18-11)13(15)16/h5-6,10H,4,7-9H2,1-3H3,(H,15,16). The second-order valence-corrected chi connectivity index (χ2v) is 4.29. The van der Waals surface area contributed by atoms with Crippen molar-refractivity contribution in [1.82, 2.24) is 4.90 Å². The van der Waals surface area contributed by atoms with E-state index in [1.807, 2.05) is 0 Å². The molecule has 0 aliphatic rings. The number of ether oxygens (including phenoxy) is 1. The van der Waals surface area contributed by atoms with Crippen LogP contribution in [0.5, 0.6) is 0 Å². The first-order valence-electron chi connectivity index (χ1n) is 6.13. The lowest BCUT2D eigenvalue weighted by molar-refractivity contribution is 0.0654. The molecule has 0 radical (unpaired) electrons. The van der Waals surface area contributed by atoms with Crippen molar-refractivity contribution in [2.24, 2.45) is 0 Å². The molecule has 102 valence electrons. The zero-order valence-corrected chi connectivity index (χ0v) is 11.2. The molecule has 0 aromatic carbocycles. The van der Waals surface area contributed by atoms with E-state index in [0.717, 1.165) is 13.0 Å². The van der Waals surface area contributed by atoms with Gasteiger partial charge in [-0.15, -0.1) is 0 Å². The first-order chi connectivity index (χ1) is 8.58. The van der Waals surface area contributed by atoms with Crippen molar-refractivity contribution in [2.45, 2.75) is 32.9 Å². The number of nitrogens with zero attached hydrogens (tertiary/aromatic N) is 1. The van der Waals surface area contributed by atoms with Gasteiger partial charge in [0, 0.05) is 19.7 Å². The van der Waals surface area contributed by atoms with Crippen LogP contribution in [0.4, 0.5) is 0 Å². The molecule has 1 N–H and O–H groups in total. The van der Waals surface area contributed by atoms with Crippen molar-refractivity contribution in [3.8, 4) is 0 Å². The van der Waals surface area contributed by atoms with E-state index in [4.69, 9.17) is 14.3 Å². The van der Waals surface area contributed by atoms with Gasteiger partial charge in [-0.05, 0) is 25.5 Å². The van der Waals surface area contributed by atoms with Gasteiger partial charge in [0.05, 0.1) is 13.2 Å². The molecule has 1 rings (SSSR count). The topological polar surface area (TPSA) is 62.9 Å². The lowest BCUT2D eigenvalue weighted by atomic mass is 10.2. The van der Waals surface area contributed by atoms with E-state index in [1.54, 1.807) is 13.2 Å². The second kappa shape index (κ2) is 7.18. The van der Waals surface area contributed by atoms with Crippen molar-refractivity contribution < 1.29 is 19.1 Å². The summed E-state index contributed by atoms with van der Waals surface area (Å²) in [6.07, 6.45) is 1.02. The SMILES string of the molecule is CCC(C)N(CCOC)Cc1ccc(C(=O)O)o1. The maximum Gasteiger partial charge on any atom is 0.371 e. The first-order valence-corrected chi connectivity index (χ1v) is 6.13. The summed E-state index contributed by atoms with van der Waals surface area (Å²) in [6.45, 7) is 6.31. The molecular weight excluding hydrogens is 234 g/mol. The predicted octanol–water partition coefficient (Wildman–Crippen LogP) is 2.22. The maximum absolute atomic E-state index is 10.7. The van der Waals surface area contributed by atoms with Crippen molar-refractivity contribution in [3.63, 3.8) is 0 Å². The Labute approximate surface area is 107 Å². The summed E-state index contributed by atoms with van der Waals surface area (Å²) in [4.78, 5) is 13.0. The normalized spacial score (nSPS) is 12.9. The number of aromatic carboxylic acids is 1. The molecule has 5 heteroatoms. The first kappa shape index (κ1) is 14.7. The molecule has 0 fully saturated rings. The molecular formula is C13H21NO4. The average molecular weight is 255 g/mol. The number of carboxylic acid groups (broad SMARTS) is 1. The summed E-state index contributed by atoms with van der Waals surface area (Å²) in [5.41, 5.74) is 0. The van der Waals surface area contributed by atoms with Gasteiger partial charge in [-0.3, -0.25) is 4.90 Å². The van der Waals surface area contributed by atoms with Gasteiger partial charge < -0.3 is 14.3 Å². The molecule has 1 aromatic heterocycles. The van der Waals surface area contributed by atoms with E-state index >= 15 is 0 Å². The molecule has 0 aliphatic carbocycles. The summed E-state index contributed by atoms with van der Waals surface area (Å²) in [5.74, 6) is -0.377. The summed E-state index contributed by atoms with van der Waals surface area (Å²) in [6, 6.07) is 3.60. The Morgan fingerprint density at radius 2 is 2.28 bits per heavy atom. The van der Waals surface area contributed by atoms with Crippen LogP contribution in [0.15, 0.2) is 16.5 Å². The van der Waals surface area contributed by atoms with Crippen LogP contribution in [-0.4, -0.2) is 42.3 Å². The highest BCUT2D eigenvalue weighted by Crippen LogP contribution is 2.13. The third-order valence-corrected chi connectivity index (χ3v) is 3.03. The molecule has 0 saturated heterocycles. The summed E-state index contributed by atoms with van der Waals surface area (Å²) in [5, 5.41) is 8.80. The van der Waals surface area contributed by atoms with Crippen LogP contribution in [-0.2, 0) is 11.3 Å². The Hall–Kier alpha value is -1.33. The highest BCUT2D eigenvalue weighted by atomic mass is 16.5. The molecule has 0 amide bonds. The maximum atomic E-state index is 10.7. The van der Waals surface area contributed by atoms with Crippen molar-refractivity contribution in [1.29, 1.82) is 0 Å². The fraction of sp³-hybridized carbons (Fsp3) is 0.615. The Balaban J connectivity index is 2.65. The minimum atomic E-state index is -1.03. The highest BCUT2D eigenvalue weighted by molar-refractivity contribution is 5.84. The van der Waals surface area contributed by atoms with Gasteiger partial charge in [0.15, 0.2) is 0 Å². The van der Waals surface area contributed by atoms with Crippen LogP contribution in [0.25, 0.3) is 0 Å². The van der Waals surface area contributed by atoms with Crippen LogP contribution in [0.2, 0.25) is 0 Å². The molecule has 1 aromatic rings. The monoisotopic (exact) mass is 255 g/mol. The van der Waals surface area contributed by atoms with E-state index in [-0.39, 0.29) is 5.76 Å². The lowest BCUT2D eigenvalue weighted by Crippen LogP contribution is -2.34. The Morgan fingerprint density at radius 3 is 2.78 bits per heavy atom. The minimum absolute atomic E-state index is 0.0131. The van der Waals surface area contributed by atoms with Crippen LogP contribution >= 0.6 is 0 Å². The number of hydrogen-bond donors (Lipinski definition) is 1. The van der Waals surface area contributed by atoms with Crippen molar-refractivity contribution >= 4 is 5.97 Å².